The van der Waals surface area contributed by atoms with Crippen LogP contribution in [0.5, 0.6) is 0 Å². The Bertz CT molecular complexity index is 2030. The van der Waals surface area contributed by atoms with Gasteiger partial charge in [0.25, 0.3) is 5.91 Å². The Morgan fingerprint density at radius 3 is 2.29 bits per heavy atom. The molecule has 1 aliphatic heterocycles. The van der Waals surface area contributed by atoms with Crippen LogP contribution < -0.4 is 5.32 Å². The first-order chi connectivity index (χ1) is 25.4. The van der Waals surface area contributed by atoms with Gasteiger partial charge >= 0.3 is 0 Å². The second-order valence-electron chi connectivity index (χ2n) is 14.9. The number of aromatic nitrogens is 3. The smallest absolute Gasteiger partial charge is 0.268 e. The van der Waals surface area contributed by atoms with E-state index in [2.05, 4.69) is 43.7 Å². The summed E-state index contributed by atoms with van der Waals surface area (Å²) in [4.78, 5) is 28.7. The van der Waals surface area contributed by atoms with Gasteiger partial charge in [-0.05, 0) is 62.4 Å². The molecule has 3 atom stereocenters. The summed E-state index contributed by atoms with van der Waals surface area (Å²) in [5.41, 5.74) is 5.60. The Hall–Kier alpha value is -3.33. The molecule has 1 amide bonds. The molecule has 52 heavy (non-hydrogen) atoms. The molecule has 3 aromatic carbocycles. The first kappa shape index (κ1) is 35.7. The lowest BCUT2D eigenvalue weighted by Crippen LogP contribution is -2.59. The lowest BCUT2D eigenvalue weighted by Gasteiger charge is -2.46. The number of hydrogen-bond acceptors (Lipinski definition) is 4. The third-order valence-electron chi connectivity index (χ3n) is 11.9. The van der Waals surface area contributed by atoms with E-state index in [1.165, 1.54) is 38.5 Å². The molecule has 7 nitrogen and oxygen atoms in total. The average molecular weight is 758 g/mol. The third kappa shape index (κ3) is 7.15. The van der Waals surface area contributed by atoms with Gasteiger partial charge in [-0.2, -0.15) is 0 Å². The summed E-state index contributed by atoms with van der Waals surface area (Å²) in [5, 5.41) is 6.23. The Morgan fingerprint density at radius 1 is 0.827 bits per heavy atom. The van der Waals surface area contributed by atoms with E-state index in [0.29, 0.717) is 26.8 Å². The van der Waals surface area contributed by atoms with Crippen LogP contribution in [-0.4, -0.2) is 74.5 Å². The van der Waals surface area contributed by atoms with Crippen LogP contribution in [-0.2, 0) is 0 Å². The quantitative estimate of drug-likeness (QED) is 0.165. The highest BCUT2D eigenvalue weighted by molar-refractivity contribution is 6.35. The number of hydrogen-bond donors (Lipinski definition) is 2. The van der Waals surface area contributed by atoms with Crippen LogP contribution in [0.25, 0.3) is 33.4 Å². The maximum Gasteiger partial charge on any atom is 0.268 e. The van der Waals surface area contributed by atoms with E-state index in [-0.39, 0.29) is 18.0 Å². The highest BCUT2D eigenvalue weighted by Gasteiger charge is 2.36. The van der Waals surface area contributed by atoms with E-state index in [4.69, 9.17) is 39.8 Å². The SMILES string of the molecule is C[C@@H](c1ccc(Cl)cc1Cl)n1cnc(-c2ccccc2)c1-c1c(C(=O)N[C@@H]2CCCC[C@H]2N2CCN(C3CCCCC3)CC2)[nH]c2cc(Cl)ccc12. The van der Waals surface area contributed by atoms with Crippen molar-refractivity contribution in [3.05, 3.63) is 99.4 Å². The van der Waals surface area contributed by atoms with E-state index < -0.39 is 0 Å². The molecule has 3 heterocycles. The minimum atomic E-state index is -0.215. The van der Waals surface area contributed by atoms with Gasteiger partial charge in [0.2, 0.25) is 0 Å². The van der Waals surface area contributed by atoms with Gasteiger partial charge in [-0.1, -0.05) is 109 Å². The van der Waals surface area contributed by atoms with Gasteiger partial charge < -0.3 is 14.9 Å². The lowest BCUT2D eigenvalue weighted by molar-refractivity contribution is 0.0340. The molecule has 0 radical (unpaired) electrons. The topological polar surface area (TPSA) is 69.2 Å². The maximum atomic E-state index is 14.8. The Kier molecular flexibility index (Phi) is 10.7. The fraction of sp³-hybridized carbons (Fsp3) is 0.429. The van der Waals surface area contributed by atoms with Gasteiger partial charge in [-0.3, -0.25) is 14.6 Å². The Morgan fingerprint density at radius 2 is 1.52 bits per heavy atom. The molecule has 3 aliphatic rings. The zero-order valence-electron chi connectivity index (χ0n) is 29.8. The first-order valence-electron chi connectivity index (χ1n) is 19.0. The molecular formula is C42H47Cl3N6O. The number of nitrogens with one attached hydrogen (secondary N) is 2. The van der Waals surface area contributed by atoms with Crippen molar-refractivity contribution in [2.45, 2.75) is 88.9 Å². The summed E-state index contributed by atoms with van der Waals surface area (Å²) >= 11 is 19.7. The van der Waals surface area contributed by atoms with E-state index in [9.17, 15) is 4.79 Å². The summed E-state index contributed by atoms with van der Waals surface area (Å²) in [5.74, 6) is -0.107. The number of imidazole rings is 1. The molecule has 2 aromatic heterocycles. The normalized spacial score (nSPS) is 21.4. The zero-order chi connectivity index (χ0) is 35.8. The van der Waals surface area contributed by atoms with Crippen molar-refractivity contribution in [2.75, 3.05) is 26.2 Å². The number of H-pyrrole nitrogens is 1. The minimum Gasteiger partial charge on any atom is -0.350 e. The van der Waals surface area contributed by atoms with E-state index >= 15 is 0 Å². The molecule has 0 unspecified atom stereocenters. The van der Waals surface area contributed by atoms with Gasteiger partial charge in [0, 0.05) is 81.4 Å². The standard InChI is InChI=1S/C42H47Cl3N6O/c1-27(32-18-16-29(43)24-34(32)45)51-26-46-39(28-10-4-2-5-11-28)41(51)38-33-19-17-30(44)25-36(33)47-40(38)42(52)48-35-14-8-9-15-37(35)50-22-20-49(21-23-50)31-12-6-3-7-13-31/h2,4-5,10-11,16-19,24-27,31,35,37,47H,3,6-9,12-15,20-23H2,1H3,(H,48,52)/t27-,35+,37+/m0/s1. The van der Waals surface area contributed by atoms with Crippen LogP contribution >= 0.6 is 34.8 Å². The Labute approximate surface area is 321 Å². The number of benzene rings is 3. The molecule has 0 bridgehead atoms. The summed E-state index contributed by atoms with van der Waals surface area (Å²) in [7, 11) is 0. The van der Waals surface area contributed by atoms with Crippen LogP contribution in [0.4, 0.5) is 0 Å². The molecular weight excluding hydrogens is 711 g/mol. The van der Waals surface area contributed by atoms with Gasteiger partial charge in [-0.25, -0.2) is 4.98 Å². The third-order valence-corrected chi connectivity index (χ3v) is 12.6. The summed E-state index contributed by atoms with van der Waals surface area (Å²) in [6.07, 6.45) is 13.0. The molecule has 8 rings (SSSR count). The van der Waals surface area contributed by atoms with E-state index in [1.54, 1.807) is 6.07 Å². The highest BCUT2D eigenvalue weighted by atomic mass is 35.5. The molecule has 0 spiro atoms. The number of amides is 1. The molecule has 2 N–H and O–H groups in total. The second kappa shape index (κ2) is 15.6. The summed E-state index contributed by atoms with van der Waals surface area (Å²) in [6.45, 7) is 6.47. The predicted octanol–water partition coefficient (Wildman–Crippen LogP) is 10.3. The van der Waals surface area contributed by atoms with Crippen molar-refractivity contribution in [1.82, 2.24) is 29.7 Å². The van der Waals surface area contributed by atoms with Crippen LogP contribution in [0.15, 0.2) is 73.1 Å². The number of carbonyl (C=O) groups is 1. The molecule has 2 aliphatic carbocycles. The highest BCUT2D eigenvalue weighted by Crippen LogP contribution is 2.42. The minimum absolute atomic E-state index is 0.0654. The number of nitrogens with zero attached hydrogens (tertiary/aromatic N) is 4. The molecule has 272 valence electrons. The largest absolute Gasteiger partial charge is 0.350 e. The second-order valence-corrected chi connectivity index (χ2v) is 16.2. The van der Waals surface area contributed by atoms with Crippen molar-refractivity contribution in [3.63, 3.8) is 0 Å². The number of fused-ring (bicyclic) bond motifs is 1. The van der Waals surface area contributed by atoms with Gasteiger partial charge in [-0.15, -0.1) is 0 Å². The average Bonchev–Trinajstić information content (AvgIpc) is 3.77. The van der Waals surface area contributed by atoms with E-state index in [1.807, 2.05) is 54.9 Å². The number of aromatic amines is 1. The molecule has 3 fully saturated rings. The number of halogens is 3. The summed E-state index contributed by atoms with van der Waals surface area (Å²) < 4.78 is 2.13. The fourth-order valence-corrected chi connectivity index (χ4v) is 9.86. The van der Waals surface area contributed by atoms with Crippen molar-refractivity contribution in [1.29, 1.82) is 0 Å². The van der Waals surface area contributed by atoms with Crippen molar-refractivity contribution >= 4 is 51.6 Å². The number of rotatable bonds is 8. The molecule has 1 saturated heterocycles. The fourth-order valence-electron chi connectivity index (χ4n) is 9.12. The van der Waals surface area contributed by atoms with Gasteiger partial charge in [0.1, 0.15) is 5.69 Å². The van der Waals surface area contributed by atoms with Gasteiger partial charge in [0.15, 0.2) is 0 Å². The van der Waals surface area contributed by atoms with Crippen LogP contribution in [0.1, 0.15) is 86.8 Å². The van der Waals surface area contributed by atoms with Crippen LogP contribution in [0, 0.1) is 0 Å². The summed E-state index contributed by atoms with van der Waals surface area (Å²) in [6, 6.07) is 22.4. The molecule has 5 aromatic rings. The van der Waals surface area contributed by atoms with Crippen LogP contribution in [0.2, 0.25) is 15.1 Å². The number of piperazine rings is 1. The zero-order valence-corrected chi connectivity index (χ0v) is 32.0. The van der Waals surface area contributed by atoms with Crippen molar-refractivity contribution < 1.29 is 4.79 Å². The number of carbonyl (C=O) groups excluding carboxylic acids is 1. The monoisotopic (exact) mass is 756 g/mol. The predicted molar refractivity (Wildman–Crippen MR) is 214 cm³/mol. The Balaban J connectivity index is 1.16. The van der Waals surface area contributed by atoms with Crippen molar-refractivity contribution in [2.24, 2.45) is 0 Å². The molecule has 10 heteroatoms. The van der Waals surface area contributed by atoms with Gasteiger partial charge in [0.05, 0.1) is 23.8 Å². The van der Waals surface area contributed by atoms with Crippen LogP contribution in [0.3, 0.4) is 0 Å². The maximum absolute atomic E-state index is 14.8. The first-order valence-corrected chi connectivity index (χ1v) is 20.2. The van der Waals surface area contributed by atoms with E-state index in [0.717, 1.165) is 90.5 Å². The molecule has 2 saturated carbocycles. The lowest BCUT2D eigenvalue weighted by atomic mass is 9.88. The van der Waals surface area contributed by atoms with Crippen molar-refractivity contribution in [3.8, 4) is 22.5 Å².